The van der Waals surface area contributed by atoms with Gasteiger partial charge in [-0.3, -0.25) is 0 Å². The van der Waals surface area contributed by atoms with Gasteiger partial charge in [-0.25, -0.2) is 0 Å². The van der Waals surface area contributed by atoms with Crippen LogP contribution in [0.15, 0.2) is 18.2 Å². The highest BCUT2D eigenvalue weighted by atomic mass is 14.6. The summed E-state index contributed by atoms with van der Waals surface area (Å²) < 4.78 is 0. The zero-order chi connectivity index (χ0) is 19.7. The van der Waals surface area contributed by atoms with E-state index in [-0.39, 0.29) is 0 Å². The van der Waals surface area contributed by atoms with Crippen LogP contribution in [0.25, 0.3) is 0 Å². The van der Waals surface area contributed by atoms with Crippen LogP contribution in [0.2, 0.25) is 0 Å². The summed E-state index contributed by atoms with van der Waals surface area (Å²) in [6.07, 6.45) is 17.1. The second-order valence-electron chi connectivity index (χ2n) is 9.58. The number of benzene rings is 1. The van der Waals surface area contributed by atoms with Gasteiger partial charge in [-0.15, -0.1) is 0 Å². The predicted molar refractivity (Wildman–Crippen MR) is 121 cm³/mol. The van der Waals surface area contributed by atoms with Gasteiger partial charge in [-0.1, -0.05) is 77.5 Å². The van der Waals surface area contributed by atoms with Crippen molar-refractivity contribution in [1.29, 1.82) is 0 Å². The molecule has 1 nitrogen and oxygen atoms in total. The molecule has 1 saturated carbocycles. The molecule has 1 atom stereocenters. The first kappa shape index (κ1) is 22.5. The van der Waals surface area contributed by atoms with Gasteiger partial charge in [0.25, 0.3) is 0 Å². The molecular formula is C26H45N. The van der Waals surface area contributed by atoms with E-state index in [0.717, 1.165) is 12.3 Å². The minimum absolute atomic E-state index is 0.321. The largest absolute Gasteiger partial charge is 0.328 e. The van der Waals surface area contributed by atoms with Crippen LogP contribution < -0.4 is 5.73 Å². The average Bonchev–Trinajstić information content (AvgIpc) is 3.19. The van der Waals surface area contributed by atoms with Gasteiger partial charge in [0, 0.05) is 6.04 Å². The lowest BCUT2D eigenvalue weighted by Gasteiger charge is -2.32. The van der Waals surface area contributed by atoms with Crippen molar-refractivity contribution in [2.24, 2.45) is 5.73 Å². The fourth-order valence-corrected chi connectivity index (χ4v) is 4.88. The van der Waals surface area contributed by atoms with Crippen molar-refractivity contribution in [3.8, 4) is 0 Å². The highest BCUT2D eigenvalue weighted by Gasteiger charge is 2.27. The van der Waals surface area contributed by atoms with Crippen LogP contribution in [0.5, 0.6) is 0 Å². The summed E-state index contributed by atoms with van der Waals surface area (Å²) in [5.41, 5.74) is 11.2. The number of aryl methyl sites for hydroxylation is 1. The molecule has 27 heavy (non-hydrogen) atoms. The van der Waals surface area contributed by atoms with Crippen LogP contribution in [0.3, 0.4) is 0 Å². The Labute approximate surface area is 169 Å². The third-order valence-electron chi connectivity index (χ3n) is 6.83. The fourth-order valence-electron chi connectivity index (χ4n) is 4.88. The Morgan fingerprint density at radius 1 is 1.00 bits per heavy atom. The molecule has 0 aromatic heterocycles. The summed E-state index contributed by atoms with van der Waals surface area (Å²) in [5, 5.41) is 0. The molecule has 1 aromatic rings. The van der Waals surface area contributed by atoms with E-state index in [1.807, 2.05) is 0 Å². The van der Waals surface area contributed by atoms with Crippen LogP contribution >= 0.6 is 0 Å². The molecule has 0 aliphatic heterocycles. The lowest BCUT2D eigenvalue weighted by atomic mass is 9.73. The van der Waals surface area contributed by atoms with E-state index in [0.29, 0.717) is 11.5 Å². The van der Waals surface area contributed by atoms with Gasteiger partial charge in [0.2, 0.25) is 0 Å². The normalized spacial score (nSPS) is 16.8. The Hall–Kier alpha value is -0.820. The van der Waals surface area contributed by atoms with Gasteiger partial charge in [-0.2, -0.15) is 0 Å². The Balaban J connectivity index is 2.30. The molecule has 0 saturated heterocycles. The van der Waals surface area contributed by atoms with E-state index in [4.69, 9.17) is 5.73 Å². The second kappa shape index (κ2) is 11.2. The van der Waals surface area contributed by atoms with Gasteiger partial charge in [0.05, 0.1) is 0 Å². The Morgan fingerprint density at radius 3 is 2.19 bits per heavy atom. The average molecular weight is 372 g/mol. The molecule has 0 unspecified atom stereocenters. The van der Waals surface area contributed by atoms with Crippen LogP contribution in [-0.2, 0) is 11.8 Å². The van der Waals surface area contributed by atoms with Crippen molar-refractivity contribution in [1.82, 2.24) is 0 Å². The lowest BCUT2D eigenvalue weighted by molar-refractivity contribution is 0.373. The lowest BCUT2D eigenvalue weighted by Crippen LogP contribution is -2.23. The molecule has 0 radical (unpaired) electrons. The van der Waals surface area contributed by atoms with Gasteiger partial charge in [-0.05, 0) is 79.9 Å². The maximum Gasteiger partial charge on any atom is 0.00105 e. The maximum atomic E-state index is 5.99. The number of hydrogen-bond acceptors (Lipinski definition) is 1. The van der Waals surface area contributed by atoms with Crippen molar-refractivity contribution in [3.05, 3.63) is 34.9 Å². The van der Waals surface area contributed by atoms with E-state index >= 15 is 0 Å². The topological polar surface area (TPSA) is 26.0 Å². The molecule has 1 aromatic carbocycles. The van der Waals surface area contributed by atoms with Crippen LogP contribution in [0.1, 0.15) is 127 Å². The fraction of sp³-hybridized carbons (Fsp3) is 0.769. The molecule has 0 amide bonds. The first-order valence-electron chi connectivity index (χ1n) is 11.9. The Bertz CT molecular complexity index is 531. The third kappa shape index (κ3) is 6.93. The monoisotopic (exact) mass is 371 g/mol. The molecule has 0 bridgehead atoms. The van der Waals surface area contributed by atoms with Crippen molar-refractivity contribution in [2.75, 3.05) is 0 Å². The van der Waals surface area contributed by atoms with Gasteiger partial charge < -0.3 is 5.73 Å². The number of nitrogens with two attached hydrogens (primary N) is 1. The van der Waals surface area contributed by atoms with E-state index < -0.39 is 0 Å². The maximum absolute atomic E-state index is 5.99. The molecule has 1 heteroatoms. The highest BCUT2D eigenvalue weighted by Crippen LogP contribution is 2.40. The summed E-state index contributed by atoms with van der Waals surface area (Å²) >= 11 is 0. The van der Waals surface area contributed by atoms with Crippen molar-refractivity contribution in [2.45, 2.75) is 129 Å². The van der Waals surface area contributed by atoms with Crippen molar-refractivity contribution < 1.29 is 0 Å². The minimum Gasteiger partial charge on any atom is -0.328 e. The smallest absolute Gasteiger partial charge is 0.00105 e. The SMILES string of the molecule is CCCCC(C)(CCCC)c1cc(CCC[C@H](C)N)cc(C2CCCC2)c1. The number of unbranched alkanes of at least 4 members (excludes halogenated alkanes) is 2. The highest BCUT2D eigenvalue weighted by molar-refractivity contribution is 5.37. The molecule has 0 spiro atoms. The van der Waals surface area contributed by atoms with Gasteiger partial charge >= 0.3 is 0 Å². The zero-order valence-electron chi connectivity index (χ0n) is 18.7. The molecule has 0 heterocycles. The summed E-state index contributed by atoms with van der Waals surface area (Å²) in [6.45, 7) is 9.33. The van der Waals surface area contributed by atoms with Gasteiger partial charge in [0.15, 0.2) is 0 Å². The molecule has 154 valence electrons. The third-order valence-corrected chi connectivity index (χ3v) is 6.83. The molecule has 2 N–H and O–H groups in total. The summed E-state index contributed by atoms with van der Waals surface area (Å²) in [6, 6.07) is 8.03. The first-order valence-corrected chi connectivity index (χ1v) is 11.9. The van der Waals surface area contributed by atoms with E-state index in [1.165, 1.54) is 77.0 Å². The molecule has 2 rings (SSSR count). The second-order valence-corrected chi connectivity index (χ2v) is 9.58. The quantitative estimate of drug-likeness (QED) is 0.401. The minimum atomic E-state index is 0.321. The Morgan fingerprint density at radius 2 is 1.63 bits per heavy atom. The molecule has 1 aliphatic rings. The van der Waals surface area contributed by atoms with Gasteiger partial charge in [0.1, 0.15) is 0 Å². The van der Waals surface area contributed by atoms with E-state index in [2.05, 4.69) is 45.9 Å². The van der Waals surface area contributed by atoms with Crippen molar-refractivity contribution in [3.63, 3.8) is 0 Å². The number of rotatable bonds is 12. The molecular weight excluding hydrogens is 326 g/mol. The van der Waals surface area contributed by atoms with Crippen LogP contribution in [0.4, 0.5) is 0 Å². The van der Waals surface area contributed by atoms with Crippen LogP contribution in [-0.4, -0.2) is 6.04 Å². The first-order chi connectivity index (χ1) is 13.0. The number of hydrogen-bond donors (Lipinski definition) is 1. The zero-order valence-corrected chi connectivity index (χ0v) is 18.7. The van der Waals surface area contributed by atoms with E-state index in [9.17, 15) is 0 Å². The summed E-state index contributed by atoms with van der Waals surface area (Å²) in [4.78, 5) is 0. The summed E-state index contributed by atoms with van der Waals surface area (Å²) in [5.74, 6) is 0.804. The predicted octanol–water partition coefficient (Wildman–Crippen LogP) is 7.65. The van der Waals surface area contributed by atoms with Crippen molar-refractivity contribution >= 4 is 0 Å². The standard InChI is InChI=1S/C26H45N/c1-5-7-16-26(4,17-8-6-2)25-19-22(13-11-12-21(3)27)18-24(20-25)23-14-9-10-15-23/h18-21,23H,5-17,27H2,1-4H3/t21-/m0/s1. The summed E-state index contributed by atoms with van der Waals surface area (Å²) in [7, 11) is 0. The van der Waals surface area contributed by atoms with E-state index in [1.54, 1.807) is 16.7 Å². The molecule has 1 aliphatic carbocycles. The Kier molecular flexibility index (Phi) is 9.36. The molecule has 1 fully saturated rings. The van der Waals surface area contributed by atoms with Crippen LogP contribution in [0, 0.1) is 0 Å².